The summed E-state index contributed by atoms with van der Waals surface area (Å²) in [6.07, 6.45) is 8.06. The third-order valence-corrected chi connectivity index (χ3v) is 7.91. The molecule has 200 valence electrons. The van der Waals surface area contributed by atoms with Crippen LogP contribution < -0.4 is 0 Å². The Bertz CT molecular complexity index is 859. The van der Waals surface area contributed by atoms with Gasteiger partial charge in [-0.15, -0.1) is 0 Å². The highest BCUT2D eigenvalue weighted by Crippen LogP contribution is 2.39. The Hall–Kier alpha value is -2.12. The Balaban J connectivity index is 0.000000201. The smallest absolute Gasteiger partial charge is 0.115 e. The number of aliphatic hydroxyl groups is 2. The number of rotatable bonds is 6. The van der Waals surface area contributed by atoms with Crippen LogP contribution in [0.4, 0.5) is 0 Å². The molecular formula is C30H46N2O4. The number of aliphatic hydroxyl groups excluding tert-OH is 2. The number of phenolic OH excluding ortho intramolecular Hbond substituents is 2. The molecule has 2 fully saturated rings. The number of hydrogen-bond donors (Lipinski definition) is 4. The molecule has 36 heavy (non-hydrogen) atoms. The molecule has 0 heterocycles. The van der Waals surface area contributed by atoms with E-state index in [0.717, 1.165) is 49.7 Å². The Morgan fingerprint density at radius 2 is 0.972 bits per heavy atom. The van der Waals surface area contributed by atoms with Gasteiger partial charge in [-0.25, -0.2) is 0 Å². The molecule has 2 saturated carbocycles. The van der Waals surface area contributed by atoms with Gasteiger partial charge in [0.25, 0.3) is 0 Å². The Kier molecular flexibility index (Phi) is 10.6. The summed E-state index contributed by atoms with van der Waals surface area (Å²) in [5.74, 6) is 1.11. The summed E-state index contributed by atoms with van der Waals surface area (Å²) >= 11 is 0. The molecule has 0 radical (unpaired) electrons. The van der Waals surface area contributed by atoms with E-state index >= 15 is 0 Å². The summed E-state index contributed by atoms with van der Waals surface area (Å²) in [6, 6.07) is 15.2. The maximum absolute atomic E-state index is 10.2. The number of hydrogen-bond acceptors (Lipinski definition) is 6. The van der Waals surface area contributed by atoms with Crippen LogP contribution in [0.5, 0.6) is 11.5 Å². The highest BCUT2D eigenvalue weighted by atomic mass is 16.3. The van der Waals surface area contributed by atoms with E-state index in [1.807, 2.05) is 64.6 Å². The van der Waals surface area contributed by atoms with Crippen LogP contribution in [-0.2, 0) is 0 Å². The van der Waals surface area contributed by atoms with E-state index in [0.29, 0.717) is 11.5 Å². The molecule has 4 rings (SSSR count). The second-order valence-corrected chi connectivity index (χ2v) is 11.0. The second kappa shape index (κ2) is 13.4. The molecule has 0 saturated heterocycles. The van der Waals surface area contributed by atoms with Crippen molar-refractivity contribution in [2.75, 3.05) is 28.2 Å². The Morgan fingerprint density at radius 3 is 1.28 bits per heavy atom. The van der Waals surface area contributed by atoms with Gasteiger partial charge in [-0.3, -0.25) is 0 Å². The molecule has 3 unspecified atom stereocenters. The number of phenols is 2. The van der Waals surface area contributed by atoms with E-state index < -0.39 is 0 Å². The van der Waals surface area contributed by atoms with Crippen LogP contribution in [0.25, 0.3) is 0 Å². The lowest BCUT2D eigenvalue weighted by molar-refractivity contribution is 0.0219. The minimum absolute atomic E-state index is 0.174. The number of benzene rings is 2. The van der Waals surface area contributed by atoms with E-state index in [1.54, 1.807) is 12.1 Å². The van der Waals surface area contributed by atoms with Gasteiger partial charge in [-0.05, 0) is 89.3 Å². The van der Waals surface area contributed by atoms with Gasteiger partial charge in [0.1, 0.15) is 11.5 Å². The van der Waals surface area contributed by atoms with Gasteiger partial charge in [0, 0.05) is 23.9 Å². The first-order valence-corrected chi connectivity index (χ1v) is 13.5. The zero-order valence-corrected chi connectivity index (χ0v) is 22.4. The molecule has 0 spiro atoms. The largest absolute Gasteiger partial charge is 0.508 e. The molecule has 6 heteroatoms. The van der Waals surface area contributed by atoms with Crippen LogP contribution in [0, 0.1) is 11.8 Å². The molecule has 0 bridgehead atoms. The van der Waals surface area contributed by atoms with Gasteiger partial charge in [0.15, 0.2) is 0 Å². The summed E-state index contributed by atoms with van der Waals surface area (Å²) in [6.45, 7) is 0. The third-order valence-electron chi connectivity index (χ3n) is 7.91. The summed E-state index contributed by atoms with van der Waals surface area (Å²) in [5.41, 5.74) is 2.18. The predicted molar refractivity (Wildman–Crippen MR) is 145 cm³/mol. The molecule has 0 amide bonds. The van der Waals surface area contributed by atoms with Gasteiger partial charge >= 0.3 is 0 Å². The number of nitrogens with zero attached hydrogens (tertiary/aromatic N) is 2. The number of aromatic hydroxyl groups is 2. The van der Waals surface area contributed by atoms with Crippen LogP contribution in [0.3, 0.4) is 0 Å². The van der Waals surface area contributed by atoms with E-state index in [1.165, 1.54) is 12.8 Å². The first-order chi connectivity index (χ1) is 17.2. The fourth-order valence-electron chi connectivity index (χ4n) is 6.29. The van der Waals surface area contributed by atoms with Gasteiger partial charge in [-0.1, -0.05) is 49.9 Å². The van der Waals surface area contributed by atoms with Crippen molar-refractivity contribution in [1.82, 2.24) is 9.80 Å². The molecular weight excluding hydrogens is 452 g/mol. The van der Waals surface area contributed by atoms with Gasteiger partial charge in [0.2, 0.25) is 0 Å². The maximum Gasteiger partial charge on any atom is 0.115 e. The highest BCUT2D eigenvalue weighted by molar-refractivity contribution is 5.31. The van der Waals surface area contributed by atoms with Crippen molar-refractivity contribution >= 4 is 0 Å². The van der Waals surface area contributed by atoms with Crippen LogP contribution in [0.15, 0.2) is 48.5 Å². The lowest BCUT2D eigenvalue weighted by Gasteiger charge is -2.38. The summed E-state index contributed by atoms with van der Waals surface area (Å²) < 4.78 is 0. The first-order valence-electron chi connectivity index (χ1n) is 13.5. The topological polar surface area (TPSA) is 87.4 Å². The minimum Gasteiger partial charge on any atom is -0.508 e. The van der Waals surface area contributed by atoms with E-state index in [9.17, 15) is 20.4 Å². The average Bonchev–Trinajstić information content (AvgIpc) is 2.82. The third kappa shape index (κ3) is 7.45. The Morgan fingerprint density at radius 1 is 0.611 bits per heavy atom. The zero-order chi connectivity index (χ0) is 26.2. The lowest BCUT2D eigenvalue weighted by atomic mass is 9.78. The van der Waals surface area contributed by atoms with Crippen LogP contribution in [-0.4, -0.2) is 70.6 Å². The maximum atomic E-state index is 10.2. The highest BCUT2D eigenvalue weighted by Gasteiger charge is 2.34. The molecule has 0 aliphatic heterocycles. The van der Waals surface area contributed by atoms with Crippen LogP contribution in [0.1, 0.15) is 74.6 Å². The molecule has 6 nitrogen and oxygen atoms in total. The quantitative estimate of drug-likeness (QED) is 0.444. The fourth-order valence-corrected chi connectivity index (χ4v) is 6.29. The SMILES string of the molecule is CN(C)C(c1cccc(O)c1)C1CCCCC1O.CN(C)[C@@H](c1cccc(O)c1)[C@H]1CCCC[C@H]1O. The molecule has 2 aromatic rings. The van der Waals surface area contributed by atoms with Crippen molar-refractivity contribution in [3.8, 4) is 11.5 Å². The van der Waals surface area contributed by atoms with Gasteiger partial charge in [-0.2, -0.15) is 0 Å². The molecule has 6 atom stereocenters. The summed E-state index contributed by atoms with van der Waals surface area (Å²) in [4.78, 5) is 4.29. The Labute approximate surface area is 217 Å². The average molecular weight is 499 g/mol. The molecule has 4 N–H and O–H groups in total. The van der Waals surface area contributed by atoms with Gasteiger partial charge < -0.3 is 30.2 Å². The normalized spacial score (nSPS) is 26.2. The van der Waals surface area contributed by atoms with Crippen molar-refractivity contribution in [2.45, 2.75) is 75.7 Å². The fraction of sp³-hybridized carbons (Fsp3) is 0.600. The lowest BCUT2D eigenvalue weighted by Crippen LogP contribution is -2.36. The molecule has 2 aliphatic carbocycles. The minimum atomic E-state index is -0.228. The second-order valence-electron chi connectivity index (χ2n) is 11.0. The van der Waals surface area contributed by atoms with E-state index in [-0.39, 0.29) is 36.1 Å². The molecule has 2 aliphatic rings. The van der Waals surface area contributed by atoms with E-state index in [2.05, 4.69) is 9.80 Å². The van der Waals surface area contributed by atoms with Crippen molar-refractivity contribution in [3.63, 3.8) is 0 Å². The monoisotopic (exact) mass is 498 g/mol. The van der Waals surface area contributed by atoms with Crippen molar-refractivity contribution in [2.24, 2.45) is 11.8 Å². The predicted octanol–water partition coefficient (Wildman–Crippen LogP) is 5.09. The van der Waals surface area contributed by atoms with Crippen molar-refractivity contribution < 1.29 is 20.4 Å². The van der Waals surface area contributed by atoms with Crippen molar-refractivity contribution in [3.05, 3.63) is 59.7 Å². The van der Waals surface area contributed by atoms with E-state index in [4.69, 9.17) is 0 Å². The first kappa shape index (κ1) is 28.5. The van der Waals surface area contributed by atoms with Crippen LogP contribution in [0.2, 0.25) is 0 Å². The standard InChI is InChI=1S/2C15H23NO2/c2*1-16(2)15(11-6-5-7-12(17)10-11)13-8-3-4-9-14(13)18/h2*5-7,10,13-15,17-18H,3-4,8-9H2,1-2H3/t13-,14+,15-;/m0./s1. The van der Waals surface area contributed by atoms with Crippen molar-refractivity contribution in [1.29, 1.82) is 0 Å². The molecule has 0 aromatic heterocycles. The molecule has 2 aromatic carbocycles. The van der Waals surface area contributed by atoms with Crippen LogP contribution >= 0.6 is 0 Å². The summed E-state index contributed by atoms with van der Waals surface area (Å²) in [7, 11) is 8.15. The van der Waals surface area contributed by atoms with Gasteiger partial charge in [0.05, 0.1) is 12.2 Å². The summed E-state index contributed by atoms with van der Waals surface area (Å²) in [5, 5.41) is 39.7. The zero-order valence-electron chi connectivity index (χ0n) is 22.4.